The van der Waals surface area contributed by atoms with Crippen LogP contribution in [0.25, 0.3) is 0 Å². The monoisotopic (exact) mass is 289 g/mol. The summed E-state index contributed by atoms with van der Waals surface area (Å²) in [7, 11) is 0. The van der Waals surface area contributed by atoms with Gasteiger partial charge in [-0.15, -0.1) is 0 Å². The van der Waals surface area contributed by atoms with Gasteiger partial charge in [0.1, 0.15) is 0 Å². The zero-order valence-electron chi connectivity index (χ0n) is 8.25. The molecule has 1 heterocycles. The maximum absolute atomic E-state index is 5.98. The van der Waals surface area contributed by atoms with Crippen molar-refractivity contribution in [1.82, 2.24) is 0 Å². The van der Waals surface area contributed by atoms with Crippen molar-refractivity contribution in [2.24, 2.45) is 11.7 Å². The van der Waals surface area contributed by atoms with Gasteiger partial charge in [0.25, 0.3) is 0 Å². The summed E-state index contributed by atoms with van der Waals surface area (Å²) in [6.45, 7) is 1.44. The van der Waals surface area contributed by atoms with Crippen LogP contribution >= 0.6 is 27.5 Å². The Labute approximate surface area is 103 Å². The molecule has 0 saturated carbocycles. The zero-order chi connectivity index (χ0) is 10.8. The maximum Gasteiger partial charge on any atom is 0.0877 e. The lowest BCUT2D eigenvalue weighted by molar-refractivity contribution is 0.0919. The molecule has 1 aromatic rings. The van der Waals surface area contributed by atoms with Gasteiger partial charge in [-0.2, -0.15) is 0 Å². The summed E-state index contributed by atoms with van der Waals surface area (Å²) >= 11 is 9.50. The molecule has 0 aliphatic carbocycles. The summed E-state index contributed by atoms with van der Waals surface area (Å²) in [6, 6.07) is 5.76. The number of benzene rings is 1. The number of ether oxygens (including phenoxy) is 1. The van der Waals surface area contributed by atoms with Crippen LogP contribution in [-0.2, 0) is 4.74 Å². The van der Waals surface area contributed by atoms with Crippen LogP contribution in [0.4, 0.5) is 0 Å². The molecular weight excluding hydrogens is 277 g/mol. The summed E-state index contributed by atoms with van der Waals surface area (Å²) in [5.74, 6) is 0.403. The first-order chi connectivity index (χ1) is 7.22. The van der Waals surface area contributed by atoms with Crippen molar-refractivity contribution >= 4 is 27.5 Å². The minimum atomic E-state index is 0.0862. The molecule has 2 atom stereocenters. The summed E-state index contributed by atoms with van der Waals surface area (Å²) in [5, 5.41) is 0.736. The molecule has 2 rings (SSSR count). The van der Waals surface area contributed by atoms with Crippen LogP contribution in [0.5, 0.6) is 0 Å². The molecule has 1 saturated heterocycles. The number of halogens is 2. The molecule has 0 aromatic heterocycles. The van der Waals surface area contributed by atoms with E-state index in [1.54, 1.807) is 0 Å². The van der Waals surface area contributed by atoms with Crippen LogP contribution in [0.3, 0.4) is 0 Å². The van der Waals surface area contributed by atoms with Crippen LogP contribution in [0, 0.1) is 5.92 Å². The Balaban J connectivity index is 2.31. The van der Waals surface area contributed by atoms with E-state index in [1.165, 1.54) is 0 Å². The Morgan fingerprint density at radius 3 is 3.07 bits per heavy atom. The molecule has 0 amide bonds. The number of rotatable bonds is 2. The first-order valence-electron chi connectivity index (χ1n) is 4.99. The smallest absolute Gasteiger partial charge is 0.0877 e. The lowest BCUT2D eigenvalue weighted by Crippen LogP contribution is -2.18. The van der Waals surface area contributed by atoms with Gasteiger partial charge in [-0.05, 0) is 36.7 Å². The van der Waals surface area contributed by atoms with Crippen molar-refractivity contribution in [3.8, 4) is 0 Å². The van der Waals surface area contributed by atoms with Gasteiger partial charge in [0.15, 0.2) is 0 Å². The van der Waals surface area contributed by atoms with Gasteiger partial charge < -0.3 is 10.5 Å². The zero-order valence-corrected chi connectivity index (χ0v) is 10.6. The third-order valence-corrected chi connectivity index (χ3v) is 3.74. The standard InChI is InChI=1S/C11H13BrClNO/c12-10-2-1-8(13)5-9(10)11-7(6-14)3-4-15-11/h1-2,5,7,11H,3-4,6,14H2. The summed E-state index contributed by atoms with van der Waals surface area (Å²) in [4.78, 5) is 0. The van der Waals surface area contributed by atoms with Crippen molar-refractivity contribution in [1.29, 1.82) is 0 Å². The number of hydrogen-bond acceptors (Lipinski definition) is 2. The van der Waals surface area contributed by atoms with Crippen molar-refractivity contribution in [3.05, 3.63) is 33.3 Å². The minimum absolute atomic E-state index is 0.0862. The van der Waals surface area contributed by atoms with E-state index in [-0.39, 0.29) is 6.10 Å². The Bertz CT molecular complexity index is 358. The largest absolute Gasteiger partial charge is 0.373 e. The molecule has 0 spiro atoms. The minimum Gasteiger partial charge on any atom is -0.373 e. The molecule has 1 aliphatic rings. The second kappa shape index (κ2) is 4.83. The van der Waals surface area contributed by atoms with E-state index in [0.29, 0.717) is 12.5 Å². The predicted molar refractivity (Wildman–Crippen MR) is 65.0 cm³/mol. The number of hydrogen-bond donors (Lipinski definition) is 1. The van der Waals surface area contributed by atoms with E-state index in [2.05, 4.69) is 15.9 Å². The van der Waals surface area contributed by atoms with Crippen LogP contribution in [0.15, 0.2) is 22.7 Å². The Hall–Kier alpha value is -0.0900. The van der Waals surface area contributed by atoms with E-state index in [4.69, 9.17) is 22.1 Å². The first-order valence-corrected chi connectivity index (χ1v) is 6.16. The average Bonchev–Trinajstić information content (AvgIpc) is 2.69. The number of nitrogens with two attached hydrogens (primary N) is 1. The third-order valence-electron chi connectivity index (χ3n) is 2.78. The van der Waals surface area contributed by atoms with Crippen LogP contribution in [0.2, 0.25) is 5.02 Å². The molecule has 0 bridgehead atoms. The van der Waals surface area contributed by atoms with Gasteiger partial charge >= 0.3 is 0 Å². The fourth-order valence-corrected chi connectivity index (χ4v) is 2.60. The summed E-state index contributed by atoms with van der Waals surface area (Å²) in [5.41, 5.74) is 6.83. The summed E-state index contributed by atoms with van der Waals surface area (Å²) < 4.78 is 6.75. The van der Waals surface area contributed by atoms with Gasteiger partial charge in [-0.25, -0.2) is 0 Å². The molecule has 82 valence electrons. The second-order valence-electron chi connectivity index (χ2n) is 3.74. The second-order valence-corrected chi connectivity index (χ2v) is 5.03. The van der Waals surface area contributed by atoms with E-state index in [1.807, 2.05) is 18.2 Å². The molecular formula is C11H13BrClNO. The van der Waals surface area contributed by atoms with Crippen molar-refractivity contribution in [3.63, 3.8) is 0 Å². The highest BCUT2D eigenvalue weighted by molar-refractivity contribution is 9.10. The van der Waals surface area contributed by atoms with E-state index < -0.39 is 0 Å². The molecule has 4 heteroatoms. The normalized spacial score (nSPS) is 25.8. The Kier molecular flexibility index (Phi) is 3.67. The lowest BCUT2D eigenvalue weighted by Gasteiger charge is -2.18. The van der Waals surface area contributed by atoms with Gasteiger partial charge in [-0.1, -0.05) is 27.5 Å². The van der Waals surface area contributed by atoms with E-state index >= 15 is 0 Å². The van der Waals surface area contributed by atoms with Gasteiger partial charge in [0.05, 0.1) is 6.10 Å². The third kappa shape index (κ3) is 2.36. The SMILES string of the molecule is NCC1CCOC1c1cc(Cl)ccc1Br. The first kappa shape index (κ1) is 11.4. The highest BCUT2D eigenvalue weighted by Gasteiger charge is 2.29. The van der Waals surface area contributed by atoms with Gasteiger partial charge in [0, 0.05) is 22.0 Å². The van der Waals surface area contributed by atoms with Crippen LogP contribution in [0.1, 0.15) is 18.1 Å². The van der Waals surface area contributed by atoms with E-state index in [9.17, 15) is 0 Å². The van der Waals surface area contributed by atoms with Crippen LogP contribution < -0.4 is 5.73 Å². The van der Waals surface area contributed by atoms with Crippen molar-refractivity contribution in [2.45, 2.75) is 12.5 Å². The Morgan fingerprint density at radius 2 is 2.33 bits per heavy atom. The molecule has 2 N–H and O–H groups in total. The Morgan fingerprint density at radius 1 is 1.53 bits per heavy atom. The molecule has 1 aliphatic heterocycles. The molecule has 2 nitrogen and oxygen atoms in total. The fraction of sp³-hybridized carbons (Fsp3) is 0.455. The fourth-order valence-electron chi connectivity index (χ4n) is 1.95. The van der Waals surface area contributed by atoms with Crippen molar-refractivity contribution < 1.29 is 4.74 Å². The lowest BCUT2D eigenvalue weighted by atomic mass is 9.95. The summed E-state index contributed by atoms with van der Waals surface area (Å²) in [6.07, 6.45) is 1.11. The highest BCUT2D eigenvalue weighted by Crippen LogP contribution is 2.38. The maximum atomic E-state index is 5.98. The molecule has 1 fully saturated rings. The molecule has 0 radical (unpaired) electrons. The van der Waals surface area contributed by atoms with E-state index in [0.717, 1.165) is 28.1 Å². The van der Waals surface area contributed by atoms with Gasteiger partial charge in [0.2, 0.25) is 0 Å². The van der Waals surface area contributed by atoms with Crippen LogP contribution in [-0.4, -0.2) is 13.2 Å². The average molecular weight is 291 g/mol. The molecule has 1 aromatic carbocycles. The quantitative estimate of drug-likeness (QED) is 0.908. The van der Waals surface area contributed by atoms with Crippen molar-refractivity contribution in [2.75, 3.05) is 13.2 Å². The van der Waals surface area contributed by atoms with Gasteiger partial charge in [-0.3, -0.25) is 0 Å². The predicted octanol–water partition coefficient (Wildman–Crippen LogP) is 3.14. The highest BCUT2D eigenvalue weighted by atomic mass is 79.9. The topological polar surface area (TPSA) is 35.2 Å². The molecule has 2 unspecified atom stereocenters. The molecule has 15 heavy (non-hydrogen) atoms.